The van der Waals surface area contributed by atoms with Gasteiger partial charge in [-0.1, -0.05) is 0 Å². The molecule has 12 nitrogen and oxygen atoms in total. The Morgan fingerprint density at radius 3 is 2.06 bits per heavy atom. The standard InChI is InChI=1S/C21H30N4O8S/c1-20(2,3)32-18(28)25(19(29)33-21(4,5)6)14-11-12(8-9-22-14)10-13-15(23-16(13)26)17(27)24-34(7,30)31/h8-9,11,13,15H,10H2,1-7H3,(H,23,26)(H,24,27)/t13-,15+/m1/s1. The molecule has 2 N–H and O–H groups in total. The highest BCUT2D eigenvalue weighted by Crippen LogP contribution is 2.25. The van der Waals surface area contributed by atoms with Crippen LogP contribution in [0, 0.1) is 5.92 Å². The van der Waals surface area contributed by atoms with E-state index in [0.29, 0.717) is 10.5 Å². The zero-order valence-electron chi connectivity index (χ0n) is 20.2. The first-order chi connectivity index (χ1) is 15.4. The summed E-state index contributed by atoms with van der Waals surface area (Å²) in [4.78, 5) is 54.5. The van der Waals surface area contributed by atoms with Gasteiger partial charge in [-0.05, 0) is 65.7 Å². The number of amides is 4. The number of imide groups is 1. The number of sulfonamides is 1. The molecule has 0 spiro atoms. The molecule has 4 amide bonds. The number of pyridine rings is 1. The van der Waals surface area contributed by atoms with Crippen molar-refractivity contribution in [3.8, 4) is 0 Å². The minimum Gasteiger partial charge on any atom is -0.443 e. The second-order valence-corrected chi connectivity index (χ2v) is 11.6. The van der Waals surface area contributed by atoms with Crippen molar-refractivity contribution in [3.05, 3.63) is 23.9 Å². The third kappa shape index (κ3) is 7.68. The Hall–Kier alpha value is -3.22. The molecular weight excluding hydrogens is 468 g/mol. The zero-order chi connectivity index (χ0) is 26.1. The van der Waals surface area contributed by atoms with E-state index < -0.39 is 57.2 Å². The molecule has 1 saturated heterocycles. The second kappa shape index (κ2) is 9.57. The maximum Gasteiger partial charge on any atom is 0.425 e. The second-order valence-electron chi connectivity index (χ2n) is 9.85. The summed E-state index contributed by atoms with van der Waals surface area (Å²) in [7, 11) is -3.80. The van der Waals surface area contributed by atoms with Crippen molar-refractivity contribution in [1.29, 1.82) is 0 Å². The monoisotopic (exact) mass is 498 g/mol. The molecule has 1 aliphatic heterocycles. The van der Waals surface area contributed by atoms with Crippen LogP contribution in [0.15, 0.2) is 18.3 Å². The minimum absolute atomic E-state index is 0.0275. The topological polar surface area (TPSA) is 161 Å². The van der Waals surface area contributed by atoms with E-state index in [4.69, 9.17) is 9.47 Å². The summed E-state index contributed by atoms with van der Waals surface area (Å²) in [5.41, 5.74) is -1.34. The van der Waals surface area contributed by atoms with Crippen molar-refractivity contribution in [1.82, 2.24) is 15.0 Å². The maximum atomic E-state index is 12.8. The lowest BCUT2D eigenvalue weighted by Gasteiger charge is -2.35. The molecule has 2 heterocycles. The first-order valence-corrected chi connectivity index (χ1v) is 12.3. The Bertz CT molecular complexity index is 1060. The summed E-state index contributed by atoms with van der Waals surface area (Å²) in [6.07, 6.45) is 0.183. The van der Waals surface area contributed by atoms with Gasteiger partial charge in [-0.15, -0.1) is 0 Å². The number of hydrogen-bond acceptors (Lipinski definition) is 9. The van der Waals surface area contributed by atoms with Crippen molar-refractivity contribution >= 4 is 39.8 Å². The lowest BCUT2D eigenvalue weighted by atomic mass is 9.84. The Morgan fingerprint density at radius 2 is 1.62 bits per heavy atom. The van der Waals surface area contributed by atoms with E-state index in [1.54, 1.807) is 47.6 Å². The highest BCUT2D eigenvalue weighted by molar-refractivity contribution is 7.89. The molecule has 34 heavy (non-hydrogen) atoms. The Balaban J connectivity index is 2.31. The van der Waals surface area contributed by atoms with Crippen molar-refractivity contribution < 1.29 is 37.1 Å². The molecule has 0 radical (unpaired) electrons. The van der Waals surface area contributed by atoms with Crippen molar-refractivity contribution in [2.75, 3.05) is 11.2 Å². The van der Waals surface area contributed by atoms with E-state index in [1.807, 2.05) is 4.72 Å². The SMILES string of the molecule is CC(C)(C)OC(=O)N(C(=O)OC(C)(C)C)c1cc(C[C@H]2C(=O)N[C@@H]2C(=O)NS(C)(=O)=O)ccn1. The Kier molecular flexibility index (Phi) is 7.60. The average molecular weight is 499 g/mol. The van der Waals surface area contributed by atoms with Crippen LogP contribution in [-0.4, -0.2) is 60.9 Å². The van der Waals surface area contributed by atoms with Crippen LogP contribution < -0.4 is 14.9 Å². The lowest BCUT2D eigenvalue weighted by molar-refractivity contribution is -0.142. The highest BCUT2D eigenvalue weighted by atomic mass is 32.2. The predicted molar refractivity (Wildman–Crippen MR) is 121 cm³/mol. The molecule has 0 aromatic carbocycles. The normalized spacial score (nSPS) is 18.3. The number of nitrogens with one attached hydrogen (secondary N) is 2. The van der Waals surface area contributed by atoms with Gasteiger partial charge in [0, 0.05) is 6.20 Å². The zero-order valence-corrected chi connectivity index (χ0v) is 21.0. The number of nitrogens with zero attached hydrogens (tertiary/aromatic N) is 2. The van der Waals surface area contributed by atoms with Gasteiger partial charge in [-0.2, -0.15) is 4.90 Å². The van der Waals surface area contributed by atoms with E-state index in [2.05, 4.69) is 10.3 Å². The van der Waals surface area contributed by atoms with E-state index in [1.165, 1.54) is 12.3 Å². The predicted octanol–water partition coefficient (Wildman–Crippen LogP) is 1.49. The largest absolute Gasteiger partial charge is 0.443 e. The fraction of sp³-hybridized carbons (Fsp3) is 0.571. The van der Waals surface area contributed by atoms with Crippen LogP contribution in [-0.2, 0) is 35.5 Å². The summed E-state index contributed by atoms with van der Waals surface area (Å²) in [6, 6.07) is 1.89. The fourth-order valence-corrected chi connectivity index (χ4v) is 3.45. The highest BCUT2D eigenvalue weighted by Gasteiger charge is 2.44. The molecule has 1 aromatic rings. The number of ether oxygens (including phenoxy) is 2. The summed E-state index contributed by atoms with van der Waals surface area (Å²) >= 11 is 0. The van der Waals surface area contributed by atoms with Crippen LogP contribution in [0.2, 0.25) is 0 Å². The fourth-order valence-electron chi connectivity index (χ4n) is 2.96. The van der Waals surface area contributed by atoms with Crippen LogP contribution in [0.3, 0.4) is 0 Å². The van der Waals surface area contributed by atoms with Crippen molar-refractivity contribution in [2.24, 2.45) is 5.92 Å². The minimum atomic E-state index is -3.80. The Labute approximate surface area is 198 Å². The van der Waals surface area contributed by atoms with Crippen LogP contribution in [0.1, 0.15) is 47.1 Å². The van der Waals surface area contributed by atoms with Gasteiger partial charge in [0.05, 0.1) is 12.2 Å². The van der Waals surface area contributed by atoms with Gasteiger partial charge < -0.3 is 14.8 Å². The van der Waals surface area contributed by atoms with Crippen LogP contribution in [0.25, 0.3) is 0 Å². The van der Waals surface area contributed by atoms with Crippen LogP contribution in [0.5, 0.6) is 0 Å². The van der Waals surface area contributed by atoms with Gasteiger partial charge in [0.1, 0.15) is 23.1 Å². The average Bonchev–Trinajstić information content (AvgIpc) is 2.60. The van der Waals surface area contributed by atoms with Gasteiger partial charge >= 0.3 is 12.2 Å². The molecular formula is C21H30N4O8S. The molecule has 188 valence electrons. The summed E-state index contributed by atoms with van der Waals surface area (Å²) in [6.45, 7) is 9.83. The molecule has 2 atom stereocenters. The molecule has 0 aliphatic carbocycles. The number of β-lactam (4-membered cyclic amide) rings is 1. The third-order valence-corrected chi connectivity index (χ3v) is 4.82. The number of carbonyl (C=O) groups is 4. The molecule has 0 bridgehead atoms. The summed E-state index contributed by atoms with van der Waals surface area (Å²) in [5, 5.41) is 2.37. The van der Waals surface area contributed by atoms with E-state index in [0.717, 1.165) is 6.26 Å². The quantitative estimate of drug-likeness (QED) is 0.573. The Morgan fingerprint density at radius 1 is 1.09 bits per heavy atom. The molecule has 0 saturated carbocycles. The molecule has 1 fully saturated rings. The summed E-state index contributed by atoms with van der Waals surface area (Å²) < 4.78 is 35.2. The first-order valence-electron chi connectivity index (χ1n) is 10.4. The van der Waals surface area contributed by atoms with Crippen molar-refractivity contribution in [3.63, 3.8) is 0 Å². The number of rotatable bonds is 5. The number of aromatic nitrogens is 1. The maximum absolute atomic E-state index is 12.8. The number of hydrogen-bond donors (Lipinski definition) is 2. The number of anilines is 1. The smallest absolute Gasteiger partial charge is 0.425 e. The van der Waals surface area contributed by atoms with E-state index >= 15 is 0 Å². The van der Waals surface area contributed by atoms with E-state index in [9.17, 15) is 27.6 Å². The van der Waals surface area contributed by atoms with Crippen molar-refractivity contribution in [2.45, 2.75) is 65.2 Å². The third-order valence-electron chi connectivity index (χ3n) is 4.25. The van der Waals surface area contributed by atoms with Crippen LogP contribution >= 0.6 is 0 Å². The molecule has 2 rings (SSSR count). The summed E-state index contributed by atoms with van der Waals surface area (Å²) in [5.74, 6) is -2.25. The number of carbonyl (C=O) groups excluding carboxylic acids is 4. The molecule has 1 aromatic heterocycles. The molecule has 0 unspecified atom stereocenters. The van der Waals surface area contributed by atoms with Gasteiger partial charge in [0.25, 0.3) is 5.91 Å². The lowest BCUT2D eigenvalue weighted by Crippen LogP contribution is -2.65. The van der Waals surface area contributed by atoms with Gasteiger partial charge in [0.15, 0.2) is 0 Å². The van der Waals surface area contributed by atoms with Gasteiger partial charge in [-0.25, -0.2) is 23.0 Å². The molecule has 13 heteroatoms. The first kappa shape index (κ1) is 27.0. The van der Waals surface area contributed by atoms with Gasteiger partial charge in [-0.3, -0.25) is 14.3 Å². The van der Waals surface area contributed by atoms with Gasteiger partial charge in [0.2, 0.25) is 15.9 Å². The van der Waals surface area contributed by atoms with E-state index in [-0.39, 0.29) is 12.2 Å². The molecule has 1 aliphatic rings. The van der Waals surface area contributed by atoms with Crippen LogP contribution in [0.4, 0.5) is 15.4 Å².